The highest BCUT2D eigenvalue weighted by molar-refractivity contribution is 5.94. The molecule has 3 aromatic carbocycles. The van der Waals surface area contributed by atoms with Gasteiger partial charge in [0.15, 0.2) is 0 Å². The van der Waals surface area contributed by atoms with E-state index in [1.165, 1.54) is 6.20 Å². The smallest absolute Gasteiger partial charge is 0.272 e. The molecule has 1 amide bonds. The van der Waals surface area contributed by atoms with Gasteiger partial charge in [0.25, 0.3) is 5.91 Å². The summed E-state index contributed by atoms with van der Waals surface area (Å²) in [5.74, 6) is -0.296. The summed E-state index contributed by atoms with van der Waals surface area (Å²) in [6.45, 7) is 0. The van der Waals surface area contributed by atoms with Gasteiger partial charge in [-0.15, -0.1) is 0 Å². The summed E-state index contributed by atoms with van der Waals surface area (Å²) in [4.78, 5) is 18.1. The van der Waals surface area contributed by atoms with Crippen molar-refractivity contribution < 1.29 is 4.79 Å². The van der Waals surface area contributed by atoms with Gasteiger partial charge in [-0.3, -0.25) is 9.78 Å². The molecule has 0 saturated carbocycles. The highest BCUT2D eigenvalue weighted by Gasteiger charge is 2.11. The molecule has 0 aliphatic carbocycles. The lowest BCUT2D eigenvalue weighted by Gasteiger charge is -2.25. The van der Waals surface area contributed by atoms with E-state index < -0.39 is 0 Å². The highest BCUT2D eigenvalue weighted by Crippen LogP contribution is 2.33. The van der Waals surface area contributed by atoms with E-state index in [-0.39, 0.29) is 5.91 Å². The monoisotopic (exact) mass is 392 g/mol. The number of carbonyl (C=O) groups is 1. The third-order valence-corrected chi connectivity index (χ3v) is 4.48. The normalized spacial score (nSPS) is 10.7. The molecule has 0 saturated heterocycles. The van der Waals surface area contributed by atoms with E-state index in [2.05, 4.69) is 44.7 Å². The van der Waals surface area contributed by atoms with Gasteiger partial charge in [-0.2, -0.15) is 5.10 Å². The van der Waals surface area contributed by atoms with Gasteiger partial charge < -0.3 is 4.90 Å². The van der Waals surface area contributed by atoms with Crippen LogP contribution in [0.3, 0.4) is 0 Å². The summed E-state index contributed by atoms with van der Waals surface area (Å²) in [5, 5.41) is 4.04. The Morgan fingerprint density at radius 3 is 1.93 bits per heavy atom. The number of hydrazone groups is 1. The maximum absolute atomic E-state index is 12.0. The highest BCUT2D eigenvalue weighted by atomic mass is 16.2. The van der Waals surface area contributed by atoms with E-state index in [1.807, 2.05) is 60.7 Å². The lowest BCUT2D eigenvalue weighted by molar-refractivity contribution is 0.0955. The number of nitrogens with zero attached hydrogens (tertiary/aromatic N) is 3. The summed E-state index contributed by atoms with van der Waals surface area (Å²) in [6, 6.07) is 31.8. The van der Waals surface area contributed by atoms with Crippen molar-refractivity contribution in [3.05, 3.63) is 121 Å². The van der Waals surface area contributed by atoms with Gasteiger partial charge in [-0.25, -0.2) is 5.43 Å². The third-order valence-electron chi connectivity index (χ3n) is 4.48. The fourth-order valence-corrected chi connectivity index (χ4v) is 3.04. The Bertz CT molecular complexity index is 1070. The number of hydrogen-bond acceptors (Lipinski definition) is 4. The summed E-state index contributed by atoms with van der Waals surface area (Å²) in [7, 11) is 0. The fourth-order valence-electron chi connectivity index (χ4n) is 3.04. The quantitative estimate of drug-likeness (QED) is 0.357. The second-order valence-corrected chi connectivity index (χ2v) is 6.54. The predicted octanol–water partition coefficient (Wildman–Crippen LogP) is 5.32. The molecule has 30 heavy (non-hydrogen) atoms. The van der Waals surface area contributed by atoms with Crippen molar-refractivity contribution in [2.75, 3.05) is 4.90 Å². The minimum absolute atomic E-state index is 0.296. The second-order valence-electron chi connectivity index (χ2n) is 6.54. The first-order chi connectivity index (χ1) is 14.8. The number of aromatic nitrogens is 1. The van der Waals surface area contributed by atoms with Crippen molar-refractivity contribution in [3.63, 3.8) is 0 Å². The number of amides is 1. The first-order valence-corrected chi connectivity index (χ1v) is 9.55. The Hall–Kier alpha value is -4.25. The Morgan fingerprint density at radius 2 is 1.37 bits per heavy atom. The van der Waals surface area contributed by atoms with E-state index in [1.54, 1.807) is 24.5 Å². The van der Waals surface area contributed by atoms with Gasteiger partial charge in [-0.1, -0.05) is 48.5 Å². The first-order valence-electron chi connectivity index (χ1n) is 9.55. The molecule has 1 aromatic heterocycles. The molecule has 5 nitrogen and oxygen atoms in total. The predicted molar refractivity (Wildman–Crippen MR) is 120 cm³/mol. The molecular weight excluding hydrogens is 372 g/mol. The lowest BCUT2D eigenvalue weighted by atomic mass is 10.1. The Balaban J connectivity index is 1.52. The van der Waals surface area contributed by atoms with Crippen LogP contribution in [0.25, 0.3) is 0 Å². The molecule has 4 aromatic rings. The molecule has 0 unspecified atom stereocenters. The van der Waals surface area contributed by atoms with Crippen LogP contribution >= 0.6 is 0 Å². The van der Waals surface area contributed by atoms with Crippen LogP contribution < -0.4 is 10.3 Å². The van der Waals surface area contributed by atoms with Crippen molar-refractivity contribution >= 4 is 29.2 Å². The molecule has 4 rings (SSSR count). The molecular formula is C25H20N4O. The van der Waals surface area contributed by atoms with Crippen LogP contribution in [0, 0.1) is 0 Å². The largest absolute Gasteiger partial charge is 0.311 e. The second kappa shape index (κ2) is 9.30. The summed E-state index contributed by atoms with van der Waals surface area (Å²) >= 11 is 0. The Labute approximate surface area is 175 Å². The van der Waals surface area contributed by atoms with E-state index in [0.717, 1.165) is 22.6 Å². The van der Waals surface area contributed by atoms with Crippen LogP contribution in [0.2, 0.25) is 0 Å². The van der Waals surface area contributed by atoms with E-state index in [0.29, 0.717) is 5.56 Å². The van der Waals surface area contributed by atoms with E-state index in [4.69, 9.17) is 0 Å². The molecule has 0 aliphatic heterocycles. The SMILES string of the molecule is O=C(N/N=C/c1ccc(N(c2ccccc2)c2ccccc2)cc1)c1cccnc1. The zero-order valence-electron chi connectivity index (χ0n) is 16.2. The minimum Gasteiger partial charge on any atom is -0.311 e. The number of carbonyl (C=O) groups excluding carboxylic acids is 1. The molecule has 1 N–H and O–H groups in total. The van der Waals surface area contributed by atoms with Gasteiger partial charge in [-0.05, 0) is 54.1 Å². The van der Waals surface area contributed by atoms with Crippen LogP contribution in [0.4, 0.5) is 17.1 Å². The van der Waals surface area contributed by atoms with E-state index >= 15 is 0 Å². The molecule has 0 radical (unpaired) electrons. The fraction of sp³-hybridized carbons (Fsp3) is 0. The maximum Gasteiger partial charge on any atom is 0.272 e. The number of anilines is 3. The summed E-state index contributed by atoms with van der Waals surface area (Å²) in [6.07, 6.45) is 4.74. The maximum atomic E-state index is 12.0. The van der Waals surface area contributed by atoms with Crippen molar-refractivity contribution in [2.24, 2.45) is 5.10 Å². The number of pyridine rings is 1. The van der Waals surface area contributed by atoms with Gasteiger partial charge in [0, 0.05) is 29.5 Å². The summed E-state index contributed by atoms with van der Waals surface area (Å²) in [5.41, 5.74) is 7.05. The number of para-hydroxylation sites is 2. The molecule has 0 aliphatic rings. The Kier molecular flexibility index (Phi) is 5.91. The molecule has 0 fully saturated rings. The van der Waals surface area contributed by atoms with Crippen LogP contribution in [0.5, 0.6) is 0 Å². The minimum atomic E-state index is -0.296. The number of nitrogens with one attached hydrogen (secondary N) is 1. The molecule has 0 atom stereocenters. The standard InChI is InChI=1S/C25H20N4O/c30-25(21-8-7-17-26-19-21)28-27-18-20-13-15-24(16-14-20)29(22-9-3-1-4-10-22)23-11-5-2-6-12-23/h1-19H,(H,28,30)/b27-18+. The van der Waals surface area contributed by atoms with Gasteiger partial charge in [0.1, 0.15) is 0 Å². The summed E-state index contributed by atoms with van der Waals surface area (Å²) < 4.78 is 0. The van der Waals surface area contributed by atoms with Crippen molar-refractivity contribution in [1.82, 2.24) is 10.4 Å². The van der Waals surface area contributed by atoms with Crippen LogP contribution in [0.15, 0.2) is 115 Å². The zero-order valence-corrected chi connectivity index (χ0v) is 16.2. The van der Waals surface area contributed by atoms with Gasteiger partial charge in [0.05, 0.1) is 11.8 Å². The Morgan fingerprint density at radius 1 is 0.767 bits per heavy atom. The van der Waals surface area contributed by atoms with Gasteiger partial charge in [0.2, 0.25) is 0 Å². The average molecular weight is 392 g/mol. The molecule has 5 heteroatoms. The van der Waals surface area contributed by atoms with Crippen LogP contribution in [0.1, 0.15) is 15.9 Å². The lowest BCUT2D eigenvalue weighted by Crippen LogP contribution is -2.17. The number of benzene rings is 3. The topological polar surface area (TPSA) is 57.6 Å². The van der Waals surface area contributed by atoms with Gasteiger partial charge >= 0.3 is 0 Å². The van der Waals surface area contributed by atoms with Crippen LogP contribution in [-0.2, 0) is 0 Å². The van der Waals surface area contributed by atoms with Crippen molar-refractivity contribution in [2.45, 2.75) is 0 Å². The van der Waals surface area contributed by atoms with Crippen molar-refractivity contribution in [1.29, 1.82) is 0 Å². The molecule has 1 heterocycles. The molecule has 0 bridgehead atoms. The van der Waals surface area contributed by atoms with Crippen molar-refractivity contribution in [3.8, 4) is 0 Å². The first kappa shape index (κ1) is 19.1. The van der Waals surface area contributed by atoms with Crippen LogP contribution in [-0.4, -0.2) is 17.1 Å². The average Bonchev–Trinajstić information content (AvgIpc) is 2.82. The third kappa shape index (κ3) is 4.59. The number of hydrogen-bond donors (Lipinski definition) is 1. The zero-order chi connectivity index (χ0) is 20.6. The molecule has 0 spiro atoms. The van der Waals surface area contributed by atoms with E-state index in [9.17, 15) is 4.79 Å². The number of rotatable bonds is 6. The molecule has 146 valence electrons.